The third-order valence-electron chi connectivity index (χ3n) is 11.6. The Kier molecular flexibility index (Phi) is 7.49. The second-order valence-corrected chi connectivity index (χ2v) is 13.1. The van der Waals surface area contributed by atoms with E-state index in [1.807, 2.05) is 0 Å². The predicted molar refractivity (Wildman–Crippen MR) is 237 cm³/mol. The fourth-order valence-electron chi connectivity index (χ4n) is 7.47. The van der Waals surface area contributed by atoms with Crippen molar-refractivity contribution in [3.8, 4) is 16.8 Å². The molecule has 0 aliphatic rings. The Labute approximate surface area is 261 Å². The van der Waals surface area contributed by atoms with Crippen LogP contribution in [0.1, 0.15) is 0 Å². The Hall–Kier alpha value is -2.28. The van der Waals surface area contributed by atoms with Crippen LogP contribution in [-0.4, -0.2) is 130 Å². The van der Waals surface area contributed by atoms with Gasteiger partial charge in [-0.1, -0.05) is 66.2 Å². The molecule has 0 bridgehead atoms. The quantitative estimate of drug-likeness (QED) is 0.209. The van der Waals surface area contributed by atoms with Gasteiger partial charge in [-0.15, -0.1) is 27.3 Å². The van der Waals surface area contributed by atoms with E-state index in [-0.39, 0.29) is 0 Å². The smallest absolute Gasteiger partial charge is 0.141 e. The van der Waals surface area contributed by atoms with Crippen molar-refractivity contribution >= 4 is 235 Å². The largest absolute Gasteiger partial charge is 0.310 e. The first-order valence-electron chi connectivity index (χ1n) is 15.2. The zero-order valence-electron chi connectivity index (χ0n) is 28.5. The molecule has 0 radical (unpaired) electrons. The molecule has 4 aromatic carbocycles. The van der Waals surface area contributed by atoms with Gasteiger partial charge in [0.05, 0.1) is 0 Å². The molecule has 1 heterocycles. The Balaban J connectivity index is 2.22. The molecule has 1 nitrogen and oxygen atoms in total. The van der Waals surface area contributed by atoms with Gasteiger partial charge in [0.1, 0.15) is 126 Å². The zero-order valence-corrected chi connectivity index (χ0v) is 28.5. The molecule has 182 valence electrons. The van der Waals surface area contributed by atoms with Gasteiger partial charge in [-0.3, -0.25) is 0 Å². The van der Waals surface area contributed by atoms with Crippen LogP contribution in [0.2, 0.25) is 0 Å². The van der Waals surface area contributed by atoms with Crippen LogP contribution in [0.5, 0.6) is 0 Å². The highest BCUT2D eigenvalue weighted by atomic mass is 15.0. The zero-order chi connectivity index (χ0) is 30.6. The summed E-state index contributed by atoms with van der Waals surface area (Å²) in [5.41, 5.74) is 29.2. The molecule has 0 aliphatic carbocycles. The van der Waals surface area contributed by atoms with E-state index in [9.17, 15) is 0 Å². The Morgan fingerprint density at radius 3 is 1.17 bits per heavy atom. The number of nitrogens with zero attached hydrogens (tertiary/aromatic N) is 1. The monoisotopic (exact) mass is 511 g/mol. The van der Waals surface area contributed by atoms with Gasteiger partial charge in [0.25, 0.3) is 0 Å². The Morgan fingerprint density at radius 2 is 0.707 bits per heavy atom. The van der Waals surface area contributed by atoms with E-state index >= 15 is 0 Å². The van der Waals surface area contributed by atoms with Gasteiger partial charge in [-0.25, -0.2) is 0 Å². The lowest BCUT2D eigenvalue weighted by molar-refractivity contribution is 1.21. The van der Waals surface area contributed by atoms with Crippen molar-refractivity contribution in [1.82, 2.24) is 4.57 Å². The van der Waals surface area contributed by atoms with Gasteiger partial charge in [0.15, 0.2) is 0 Å². The van der Waals surface area contributed by atoms with Gasteiger partial charge in [-0.05, 0) is 21.9 Å². The summed E-state index contributed by atoms with van der Waals surface area (Å²) in [6, 6.07) is 2.45. The highest BCUT2D eigenvalue weighted by Gasteiger charge is 2.27. The minimum Gasteiger partial charge on any atom is -0.310 e. The first-order valence-corrected chi connectivity index (χ1v) is 15.2. The number of fused-ring (bicyclic) bond motifs is 3. The van der Waals surface area contributed by atoms with Crippen LogP contribution in [0.15, 0.2) is 6.07 Å². The van der Waals surface area contributed by atoms with Crippen LogP contribution in [0.25, 0.3) is 38.6 Å². The molecule has 0 amide bonds. The molecule has 5 aromatic rings. The first-order chi connectivity index (χ1) is 19.1. The fraction of sp³-hybridized carbons (Fsp3) is 0. The summed E-state index contributed by atoms with van der Waals surface area (Å²) in [7, 11) is 37.1. The van der Waals surface area contributed by atoms with Gasteiger partial charge < -0.3 is 4.57 Å². The van der Waals surface area contributed by atoms with Crippen molar-refractivity contribution in [2.45, 2.75) is 0 Å². The summed E-state index contributed by atoms with van der Waals surface area (Å²) in [6.07, 6.45) is 0. The summed E-state index contributed by atoms with van der Waals surface area (Å²) in [5, 5.41) is 2.86. The molecule has 0 atom stereocenters. The van der Waals surface area contributed by atoms with Crippen molar-refractivity contribution in [2.75, 3.05) is 0 Å². The second kappa shape index (κ2) is 10.2. The molecule has 1 aromatic heterocycles. The summed E-state index contributed by atoms with van der Waals surface area (Å²) in [4.78, 5) is 0. The highest BCUT2D eigenvalue weighted by Crippen LogP contribution is 2.30. The number of aromatic nitrogens is 1. The minimum atomic E-state index is 1.35. The first kappa shape index (κ1) is 30.2. The standard InChI is InChI=1S/C24H33B16N/c25-3-1-2(7(26)12(31)8(3)27)4-9(28)13(32)16(35)19(38)22(4)41-23-5(10(29)14(33)17(36)20(23)39)6-11(30)15(34)18(37)21(40)24(6)41/h1H,25-40H2. The van der Waals surface area contributed by atoms with Gasteiger partial charge >= 0.3 is 0 Å². The van der Waals surface area contributed by atoms with Crippen LogP contribution in [0, 0.1) is 0 Å². The summed E-state index contributed by atoms with van der Waals surface area (Å²) in [6.45, 7) is 0. The van der Waals surface area contributed by atoms with E-state index in [0.29, 0.717) is 0 Å². The van der Waals surface area contributed by atoms with E-state index in [4.69, 9.17) is 0 Å². The molecule has 0 spiro atoms. The van der Waals surface area contributed by atoms with E-state index in [2.05, 4.69) is 136 Å². The van der Waals surface area contributed by atoms with Gasteiger partial charge in [-0.2, -0.15) is 0 Å². The summed E-state index contributed by atoms with van der Waals surface area (Å²) >= 11 is 0. The van der Waals surface area contributed by atoms with Crippen LogP contribution >= 0.6 is 0 Å². The minimum absolute atomic E-state index is 1.35. The molecule has 0 saturated carbocycles. The van der Waals surface area contributed by atoms with Crippen molar-refractivity contribution in [1.29, 1.82) is 0 Å². The number of hydrogen-bond donors (Lipinski definition) is 0. The Bertz CT molecular complexity index is 1930. The van der Waals surface area contributed by atoms with Crippen molar-refractivity contribution in [3.05, 3.63) is 6.07 Å². The predicted octanol–water partition coefficient (Wildman–Crippen LogP) is -21.4. The molecule has 17 heteroatoms. The van der Waals surface area contributed by atoms with E-state index in [1.54, 1.807) is 0 Å². The van der Waals surface area contributed by atoms with Crippen molar-refractivity contribution < 1.29 is 0 Å². The summed E-state index contributed by atoms with van der Waals surface area (Å²) < 4.78 is 2.70. The van der Waals surface area contributed by atoms with Gasteiger partial charge in [0.2, 0.25) is 0 Å². The van der Waals surface area contributed by atoms with Crippen molar-refractivity contribution in [3.63, 3.8) is 0 Å². The molecular formula is C24H33B16N. The fourth-order valence-corrected chi connectivity index (χ4v) is 7.47. The van der Waals surface area contributed by atoms with E-state index in [0.717, 1.165) is 0 Å². The molecular weight excluding hydrogens is 475 g/mol. The molecule has 0 unspecified atom stereocenters. The second-order valence-electron chi connectivity index (χ2n) is 13.1. The molecule has 0 saturated heterocycles. The van der Waals surface area contributed by atoms with Gasteiger partial charge in [0, 0.05) is 16.7 Å². The molecule has 0 fully saturated rings. The maximum atomic E-state index is 2.70. The maximum absolute atomic E-state index is 2.70. The third kappa shape index (κ3) is 4.00. The third-order valence-corrected chi connectivity index (χ3v) is 11.6. The Morgan fingerprint density at radius 1 is 0.341 bits per heavy atom. The molecule has 0 aliphatic heterocycles. The summed E-state index contributed by atoms with van der Waals surface area (Å²) in [5.74, 6) is 0. The van der Waals surface area contributed by atoms with Crippen LogP contribution in [0.4, 0.5) is 0 Å². The number of benzene rings is 4. The number of rotatable bonds is 2. The lowest BCUT2D eigenvalue weighted by atomic mass is 9.60. The van der Waals surface area contributed by atoms with Crippen LogP contribution < -0.4 is 87.4 Å². The van der Waals surface area contributed by atoms with Crippen LogP contribution in [0.3, 0.4) is 0 Å². The highest BCUT2D eigenvalue weighted by molar-refractivity contribution is 6.72. The lowest BCUT2D eigenvalue weighted by Crippen LogP contribution is -2.52. The maximum Gasteiger partial charge on any atom is 0.141 e. The van der Waals surface area contributed by atoms with E-state index in [1.165, 1.54) is 126 Å². The average Bonchev–Trinajstić information content (AvgIpc) is 3.30. The topological polar surface area (TPSA) is 4.93 Å². The average molecular weight is 509 g/mol. The molecule has 41 heavy (non-hydrogen) atoms. The van der Waals surface area contributed by atoms with Crippen molar-refractivity contribution in [2.24, 2.45) is 0 Å². The number of hydrogen-bond acceptors (Lipinski definition) is 0. The molecule has 0 N–H and O–H groups in total. The van der Waals surface area contributed by atoms with E-state index < -0.39 is 0 Å². The molecule has 5 rings (SSSR count). The SMILES string of the molecule is Bc1cc(-c2c(B)c(B)c(B)c(B)c2-n2c3c(B)c(B)c(B)c(B)c3c3c(B)c(B)c(B)c(B)c32)c(B)c(B)c1B. The normalized spacial score (nSPS) is 11.5. The lowest BCUT2D eigenvalue weighted by Gasteiger charge is -2.28. The van der Waals surface area contributed by atoms with Crippen LogP contribution in [-0.2, 0) is 0 Å².